The number of hydrogen-bond acceptors (Lipinski definition) is 8. The molecular weight excluding hydrogens is 456 g/mol. The number of fused-ring (bicyclic) bond motifs is 1. The van der Waals surface area contributed by atoms with E-state index < -0.39 is 11.4 Å². The number of carbonyl (C=O) groups is 2. The molecule has 1 N–H and O–H groups in total. The van der Waals surface area contributed by atoms with Crippen LogP contribution in [-0.4, -0.2) is 52.4 Å². The Labute approximate surface area is 201 Å². The van der Waals surface area contributed by atoms with Crippen LogP contribution >= 0.6 is 11.8 Å². The number of anilines is 1. The molecular formula is C24H26N4O5S. The highest BCUT2D eigenvalue weighted by Gasteiger charge is 2.29. The molecule has 2 amide bonds. The summed E-state index contributed by atoms with van der Waals surface area (Å²) < 4.78 is 17.3. The number of aromatic nitrogens is 2. The summed E-state index contributed by atoms with van der Waals surface area (Å²) in [5, 5.41) is 10.7. The van der Waals surface area contributed by atoms with Crippen LogP contribution in [0.3, 0.4) is 0 Å². The van der Waals surface area contributed by atoms with E-state index in [-0.39, 0.29) is 36.1 Å². The minimum absolute atomic E-state index is 0.0659. The first-order valence-electron chi connectivity index (χ1n) is 11.0. The monoisotopic (exact) mass is 482 g/mol. The third-order valence-electron chi connectivity index (χ3n) is 5.26. The van der Waals surface area contributed by atoms with Gasteiger partial charge >= 0.3 is 0 Å². The number of amides is 2. The summed E-state index contributed by atoms with van der Waals surface area (Å²) in [6.45, 7) is 3.93. The second-order valence-electron chi connectivity index (χ2n) is 7.78. The Morgan fingerprint density at radius 1 is 1.15 bits per heavy atom. The molecule has 2 heterocycles. The number of carbonyl (C=O) groups excluding carboxylic acids is 2. The van der Waals surface area contributed by atoms with Crippen molar-refractivity contribution in [3.63, 3.8) is 0 Å². The maximum atomic E-state index is 12.8. The summed E-state index contributed by atoms with van der Waals surface area (Å²) in [7, 11) is 1.59. The zero-order valence-electron chi connectivity index (χ0n) is 19.2. The maximum Gasteiger partial charge on any atom is 0.277 e. The average Bonchev–Trinajstić information content (AvgIpc) is 3.31. The number of likely N-dealkylation sites (N-methyl/N-ethyl adjacent to an activating group) is 1. The summed E-state index contributed by atoms with van der Waals surface area (Å²) in [6, 6.07) is 15.0. The van der Waals surface area contributed by atoms with Gasteiger partial charge in [-0.05, 0) is 37.1 Å². The summed E-state index contributed by atoms with van der Waals surface area (Å²) in [5.74, 6) is 1.06. The highest BCUT2D eigenvalue weighted by molar-refractivity contribution is 8.00. The molecule has 2 atom stereocenters. The van der Waals surface area contributed by atoms with E-state index in [2.05, 4.69) is 15.5 Å². The van der Waals surface area contributed by atoms with Crippen molar-refractivity contribution >= 4 is 29.3 Å². The second-order valence-corrected chi connectivity index (χ2v) is 9.08. The van der Waals surface area contributed by atoms with Crippen LogP contribution in [0.25, 0.3) is 0 Å². The van der Waals surface area contributed by atoms with E-state index >= 15 is 0 Å². The van der Waals surface area contributed by atoms with Gasteiger partial charge in [0.25, 0.3) is 11.1 Å². The molecule has 34 heavy (non-hydrogen) atoms. The first kappa shape index (κ1) is 23.6. The third-order valence-corrected chi connectivity index (χ3v) is 6.18. The normalized spacial score (nSPS) is 15.4. The number of aryl methyl sites for hydroxylation is 1. The highest BCUT2D eigenvalue weighted by Crippen LogP contribution is 2.36. The largest absolute Gasteiger partial charge is 0.485 e. The molecule has 0 saturated heterocycles. The van der Waals surface area contributed by atoms with Crippen LogP contribution < -0.4 is 14.8 Å². The zero-order valence-corrected chi connectivity index (χ0v) is 20.0. The molecule has 1 aliphatic heterocycles. The predicted octanol–water partition coefficient (Wildman–Crippen LogP) is 3.72. The molecule has 178 valence electrons. The van der Waals surface area contributed by atoms with Crippen molar-refractivity contribution < 1.29 is 23.5 Å². The summed E-state index contributed by atoms with van der Waals surface area (Å²) in [4.78, 5) is 26.6. The van der Waals surface area contributed by atoms with Crippen molar-refractivity contribution in [2.75, 3.05) is 25.5 Å². The molecule has 0 radical (unpaired) electrons. The Kier molecular flexibility index (Phi) is 7.36. The number of benzene rings is 2. The summed E-state index contributed by atoms with van der Waals surface area (Å²) >= 11 is 1.13. The maximum absolute atomic E-state index is 12.8. The Balaban J connectivity index is 1.30. The van der Waals surface area contributed by atoms with Crippen LogP contribution in [0.2, 0.25) is 0 Å². The van der Waals surface area contributed by atoms with Crippen LogP contribution in [0.5, 0.6) is 11.5 Å². The van der Waals surface area contributed by atoms with Crippen LogP contribution in [0, 0.1) is 0 Å². The van der Waals surface area contributed by atoms with Crippen molar-refractivity contribution in [1.82, 2.24) is 15.1 Å². The SMILES string of the molecule is CCc1ccccc1NC(=O)CN(C)C(=O)C(C)Sc1nnc(C2COc3ccccc3O2)o1. The smallest absolute Gasteiger partial charge is 0.277 e. The number of rotatable bonds is 8. The average molecular weight is 483 g/mol. The van der Waals surface area contributed by atoms with Crippen LogP contribution in [0.15, 0.2) is 58.2 Å². The minimum atomic E-state index is -0.529. The van der Waals surface area contributed by atoms with Crippen LogP contribution in [-0.2, 0) is 16.0 Å². The van der Waals surface area contributed by atoms with Crippen molar-refractivity contribution in [3.8, 4) is 11.5 Å². The molecule has 1 aromatic heterocycles. The Morgan fingerprint density at radius 2 is 1.88 bits per heavy atom. The van der Waals surface area contributed by atoms with E-state index in [9.17, 15) is 9.59 Å². The van der Waals surface area contributed by atoms with E-state index in [0.717, 1.165) is 29.4 Å². The predicted molar refractivity (Wildman–Crippen MR) is 127 cm³/mol. The van der Waals surface area contributed by atoms with E-state index in [4.69, 9.17) is 13.9 Å². The van der Waals surface area contributed by atoms with Gasteiger partial charge in [0.1, 0.15) is 6.61 Å². The van der Waals surface area contributed by atoms with Gasteiger partial charge in [0.05, 0.1) is 11.8 Å². The molecule has 4 rings (SSSR count). The molecule has 10 heteroatoms. The number of thioether (sulfide) groups is 1. The van der Waals surface area contributed by atoms with Crippen molar-refractivity contribution in [2.24, 2.45) is 0 Å². The molecule has 0 aliphatic carbocycles. The minimum Gasteiger partial charge on any atom is -0.485 e. The number of nitrogens with one attached hydrogen (secondary N) is 1. The third kappa shape index (κ3) is 5.51. The van der Waals surface area contributed by atoms with Crippen LogP contribution in [0.4, 0.5) is 5.69 Å². The Hall–Kier alpha value is -3.53. The van der Waals surface area contributed by atoms with Gasteiger partial charge in [-0.2, -0.15) is 0 Å². The topological polar surface area (TPSA) is 107 Å². The van der Waals surface area contributed by atoms with E-state index in [1.54, 1.807) is 20.0 Å². The van der Waals surface area contributed by atoms with Gasteiger partial charge in [-0.3, -0.25) is 9.59 Å². The molecule has 9 nitrogen and oxygen atoms in total. The van der Waals surface area contributed by atoms with E-state index in [1.165, 1.54) is 4.90 Å². The fraction of sp³-hybridized carbons (Fsp3) is 0.333. The van der Waals surface area contributed by atoms with Crippen molar-refractivity contribution in [2.45, 2.75) is 36.8 Å². The number of ether oxygens (including phenoxy) is 2. The van der Waals surface area contributed by atoms with Crippen LogP contribution in [0.1, 0.15) is 31.4 Å². The fourth-order valence-corrected chi connectivity index (χ4v) is 4.29. The summed E-state index contributed by atoms with van der Waals surface area (Å²) in [6.07, 6.45) is 0.274. The molecule has 2 aromatic carbocycles. The first-order chi connectivity index (χ1) is 16.4. The highest BCUT2D eigenvalue weighted by atomic mass is 32.2. The lowest BCUT2D eigenvalue weighted by Gasteiger charge is -2.23. The fourth-order valence-electron chi connectivity index (χ4n) is 3.48. The molecule has 0 bridgehead atoms. The zero-order chi connectivity index (χ0) is 24.1. The Morgan fingerprint density at radius 3 is 2.68 bits per heavy atom. The number of nitrogens with zero attached hydrogens (tertiary/aromatic N) is 3. The molecule has 3 aromatic rings. The second kappa shape index (κ2) is 10.6. The molecule has 0 fully saturated rings. The van der Waals surface area contributed by atoms with Gasteiger partial charge in [0, 0.05) is 12.7 Å². The standard InChI is InChI=1S/C24H26N4O5S/c1-4-16-9-5-6-10-17(16)25-21(29)13-28(3)23(30)15(2)34-24-27-26-22(33-24)20-14-31-18-11-7-8-12-19(18)32-20/h5-12,15,20H,4,13-14H2,1-3H3,(H,25,29). The lowest BCUT2D eigenvalue weighted by atomic mass is 10.1. The van der Waals surface area contributed by atoms with Gasteiger partial charge < -0.3 is 24.1 Å². The van der Waals surface area contributed by atoms with Crippen molar-refractivity contribution in [1.29, 1.82) is 0 Å². The number of hydrogen-bond donors (Lipinski definition) is 1. The van der Waals surface area contributed by atoms with Gasteiger partial charge in [0.15, 0.2) is 11.5 Å². The molecule has 0 spiro atoms. The first-order valence-corrected chi connectivity index (χ1v) is 11.8. The van der Waals surface area contributed by atoms with E-state index in [1.807, 2.05) is 49.4 Å². The summed E-state index contributed by atoms with van der Waals surface area (Å²) in [5.41, 5.74) is 1.80. The Bertz CT molecular complexity index is 1170. The lowest BCUT2D eigenvalue weighted by molar-refractivity contribution is -0.132. The molecule has 0 saturated carbocycles. The molecule has 2 unspecified atom stereocenters. The lowest BCUT2D eigenvalue weighted by Crippen LogP contribution is -2.39. The quantitative estimate of drug-likeness (QED) is 0.484. The number of para-hydroxylation sites is 3. The van der Waals surface area contributed by atoms with Gasteiger partial charge in [-0.15, -0.1) is 10.2 Å². The van der Waals surface area contributed by atoms with E-state index in [0.29, 0.717) is 11.5 Å². The van der Waals surface area contributed by atoms with Gasteiger partial charge in [0.2, 0.25) is 17.9 Å². The molecule has 1 aliphatic rings. The van der Waals surface area contributed by atoms with Crippen molar-refractivity contribution in [3.05, 3.63) is 60.0 Å². The van der Waals surface area contributed by atoms with Gasteiger partial charge in [-0.1, -0.05) is 49.0 Å². The van der Waals surface area contributed by atoms with Gasteiger partial charge in [-0.25, -0.2) is 0 Å².